The van der Waals surface area contributed by atoms with Crippen molar-refractivity contribution in [1.82, 2.24) is 4.72 Å². The van der Waals surface area contributed by atoms with Gasteiger partial charge < -0.3 is 5.73 Å². The van der Waals surface area contributed by atoms with Gasteiger partial charge in [0.05, 0.1) is 5.75 Å². The molecule has 3 N–H and O–H groups in total. The number of hydrogen-bond donors (Lipinski definition) is 2. The minimum Gasteiger partial charge on any atom is -0.399 e. The maximum absolute atomic E-state index is 11.9. The number of sulfonamides is 1. The van der Waals surface area contributed by atoms with Crippen LogP contribution < -0.4 is 10.5 Å². The lowest BCUT2D eigenvalue weighted by Crippen LogP contribution is -2.33. The molecule has 5 heteroatoms. The van der Waals surface area contributed by atoms with Crippen LogP contribution >= 0.6 is 0 Å². The first-order valence-electron chi connectivity index (χ1n) is 6.27. The van der Waals surface area contributed by atoms with Crippen LogP contribution in [0.1, 0.15) is 38.7 Å². The second-order valence-electron chi connectivity index (χ2n) is 4.67. The molecule has 102 valence electrons. The summed E-state index contributed by atoms with van der Waals surface area (Å²) in [6.07, 6.45) is 2.97. The van der Waals surface area contributed by atoms with E-state index in [4.69, 9.17) is 5.73 Å². The highest BCUT2D eigenvalue weighted by molar-refractivity contribution is 7.88. The van der Waals surface area contributed by atoms with Crippen molar-refractivity contribution < 1.29 is 8.42 Å². The van der Waals surface area contributed by atoms with E-state index in [9.17, 15) is 8.42 Å². The molecular formula is C13H22N2O2S. The summed E-state index contributed by atoms with van der Waals surface area (Å²) < 4.78 is 26.6. The normalized spacial score (nSPS) is 13.4. The van der Waals surface area contributed by atoms with E-state index in [-0.39, 0.29) is 11.8 Å². The van der Waals surface area contributed by atoms with E-state index >= 15 is 0 Å². The summed E-state index contributed by atoms with van der Waals surface area (Å²) in [5.74, 6) is -0.0193. The number of hydrogen-bond acceptors (Lipinski definition) is 3. The monoisotopic (exact) mass is 270 g/mol. The van der Waals surface area contributed by atoms with Crippen molar-refractivity contribution in [2.24, 2.45) is 0 Å². The van der Waals surface area contributed by atoms with Gasteiger partial charge in [0.2, 0.25) is 10.0 Å². The van der Waals surface area contributed by atoms with Gasteiger partial charge in [-0.2, -0.15) is 0 Å². The zero-order valence-corrected chi connectivity index (χ0v) is 11.8. The predicted octanol–water partition coefficient (Wildman–Crippen LogP) is 2.27. The van der Waals surface area contributed by atoms with E-state index in [1.807, 2.05) is 6.92 Å². The Balaban J connectivity index is 2.59. The Kier molecular flexibility index (Phi) is 5.62. The van der Waals surface area contributed by atoms with Crippen molar-refractivity contribution in [3.63, 3.8) is 0 Å². The third kappa shape index (κ3) is 5.51. The van der Waals surface area contributed by atoms with Gasteiger partial charge in [-0.25, -0.2) is 13.1 Å². The predicted molar refractivity (Wildman–Crippen MR) is 75.6 cm³/mol. The number of benzene rings is 1. The topological polar surface area (TPSA) is 72.2 Å². The Hall–Kier alpha value is -1.07. The van der Waals surface area contributed by atoms with E-state index in [0.717, 1.165) is 19.3 Å². The van der Waals surface area contributed by atoms with Crippen LogP contribution in [0.3, 0.4) is 0 Å². The molecule has 0 spiro atoms. The SMILES string of the molecule is CCCCC(C)NS(=O)(=O)Cc1cccc(N)c1. The Morgan fingerprint density at radius 3 is 2.72 bits per heavy atom. The Bertz CT molecular complexity index is 472. The summed E-state index contributed by atoms with van der Waals surface area (Å²) in [4.78, 5) is 0. The molecule has 0 radical (unpaired) electrons. The number of anilines is 1. The van der Waals surface area contributed by atoms with E-state index in [1.54, 1.807) is 24.3 Å². The van der Waals surface area contributed by atoms with Gasteiger partial charge in [0.15, 0.2) is 0 Å². The molecule has 0 aliphatic carbocycles. The average Bonchev–Trinajstić information content (AvgIpc) is 2.24. The molecule has 0 aliphatic rings. The van der Waals surface area contributed by atoms with Crippen LogP contribution in [0.4, 0.5) is 5.69 Å². The zero-order chi connectivity index (χ0) is 13.6. The molecular weight excluding hydrogens is 248 g/mol. The highest BCUT2D eigenvalue weighted by Gasteiger charge is 2.14. The van der Waals surface area contributed by atoms with Gasteiger partial charge in [0.25, 0.3) is 0 Å². The highest BCUT2D eigenvalue weighted by atomic mass is 32.2. The Labute approximate surface area is 110 Å². The van der Waals surface area contributed by atoms with E-state index in [2.05, 4.69) is 11.6 Å². The first-order valence-corrected chi connectivity index (χ1v) is 7.92. The van der Waals surface area contributed by atoms with Crippen LogP contribution in [0, 0.1) is 0 Å². The quantitative estimate of drug-likeness (QED) is 0.747. The molecule has 1 rings (SSSR count). The molecule has 4 nitrogen and oxygen atoms in total. The van der Waals surface area contributed by atoms with Crippen LogP contribution in [0.25, 0.3) is 0 Å². The Morgan fingerprint density at radius 1 is 1.39 bits per heavy atom. The van der Waals surface area contributed by atoms with Crippen LogP contribution in [-0.4, -0.2) is 14.5 Å². The molecule has 1 atom stereocenters. The molecule has 1 unspecified atom stereocenters. The third-order valence-electron chi connectivity index (χ3n) is 2.68. The van der Waals surface area contributed by atoms with Gasteiger partial charge in [-0.15, -0.1) is 0 Å². The van der Waals surface area contributed by atoms with Crippen LogP contribution in [-0.2, 0) is 15.8 Å². The first-order chi connectivity index (χ1) is 8.43. The van der Waals surface area contributed by atoms with Crippen LogP contribution in [0.15, 0.2) is 24.3 Å². The fourth-order valence-corrected chi connectivity index (χ4v) is 3.25. The molecule has 0 amide bonds. The average molecular weight is 270 g/mol. The minimum atomic E-state index is -3.29. The summed E-state index contributed by atoms with van der Waals surface area (Å²) in [6, 6.07) is 6.95. The fraction of sp³-hybridized carbons (Fsp3) is 0.538. The second kappa shape index (κ2) is 6.75. The standard InChI is InChI=1S/C13H22N2O2S/c1-3-4-6-11(2)15-18(16,17)10-12-7-5-8-13(14)9-12/h5,7-9,11,15H,3-4,6,10,14H2,1-2H3. The van der Waals surface area contributed by atoms with Gasteiger partial charge in [-0.1, -0.05) is 31.9 Å². The molecule has 0 heterocycles. The Morgan fingerprint density at radius 2 is 2.11 bits per heavy atom. The summed E-state index contributed by atoms with van der Waals surface area (Å²) in [5.41, 5.74) is 6.93. The number of nitrogens with one attached hydrogen (secondary N) is 1. The summed E-state index contributed by atoms with van der Waals surface area (Å²) in [7, 11) is -3.29. The van der Waals surface area contributed by atoms with Crippen LogP contribution in [0.2, 0.25) is 0 Å². The molecule has 0 fully saturated rings. The first kappa shape index (κ1) is 15.0. The smallest absolute Gasteiger partial charge is 0.216 e. The lowest BCUT2D eigenvalue weighted by molar-refractivity contribution is 0.533. The lowest BCUT2D eigenvalue weighted by atomic mass is 10.2. The van der Waals surface area contributed by atoms with Gasteiger partial charge in [-0.3, -0.25) is 0 Å². The minimum absolute atomic E-state index is 0.0176. The molecule has 18 heavy (non-hydrogen) atoms. The molecule has 0 bridgehead atoms. The van der Waals surface area contributed by atoms with Gasteiger partial charge >= 0.3 is 0 Å². The van der Waals surface area contributed by atoms with Crippen molar-refractivity contribution in [1.29, 1.82) is 0 Å². The molecule has 0 saturated heterocycles. The molecule has 1 aromatic rings. The van der Waals surface area contributed by atoms with Crippen molar-refractivity contribution in [3.8, 4) is 0 Å². The number of rotatable bonds is 7. The molecule has 0 saturated carbocycles. The van der Waals surface area contributed by atoms with E-state index in [0.29, 0.717) is 11.3 Å². The fourth-order valence-electron chi connectivity index (χ4n) is 1.82. The maximum atomic E-state index is 11.9. The maximum Gasteiger partial charge on any atom is 0.216 e. The second-order valence-corrected chi connectivity index (χ2v) is 6.42. The van der Waals surface area contributed by atoms with Crippen molar-refractivity contribution in [2.45, 2.75) is 44.9 Å². The van der Waals surface area contributed by atoms with Crippen molar-refractivity contribution in [3.05, 3.63) is 29.8 Å². The summed E-state index contributed by atoms with van der Waals surface area (Å²) in [6.45, 7) is 3.99. The van der Waals surface area contributed by atoms with Crippen LogP contribution in [0.5, 0.6) is 0 Å². The largest absolute Gasteiger partial charge is 0.399 e. The van der Waals surface area contributed by atoms with Crippen molar-refractivity contribution in [2.75, 3.05) is 5.73 Å². The van der Waals surface area contributed by atoms with Crippen molar-refractivity contribution >= 4 is 15.7 Å². The highest BCUT2D eigenvalue weighted by Crippen LogP contribution is 2.10. The third-order valence-corrected chi connectivity index (χ3v) is 4.15. The van der Waals surface area contributed by atoms with Gasteiger partial charge in [0, 0.05) is 11.7 Å². The molecule has 1 aromatic carbocycles. The van der Waals surface area contributed by atoms with Gasteiger partial charge in [0.1, 0.15) is 0 Å². The summed E-state index contributed by atoms with van der Waals surface area (Å²) in [5, 5.41) is 0. The molecule has 0 aliphatic heterocycles. The van der Waals surface area contributed by atoms with E-state index in [1.165, 1.54) is 0 Å². The van der Waals surface area contributed by atoms with E-state index < -0.39 is 10.0 Å². The lowest BCUT2D eigenvalue weighted by Gasteiger charge is -2.13. The number of unbranched alkanes of at least 4 members (excludes halogenated alkanes) is 1. The summed E-state index contributed by atoms with van der Waals surface area (Å²) >= 11 is 0. The molecule has 0 aromatic heterocycles. The zero-order valence-electron chi connectivity index (χ0n) is 11.0. The number of nitrogens with two attached hydrogens (primary N) is 1. The number of nitrogen functional groups attached to an aromatic ring is 1. The van der Waals surface area contributed by atoms with Gasteiger partial charge in [-0.05, 0) is 31.0 Å².